The Labute approximate surface area is 160 Å². The van der Waals surface area contributed by atoms with E-state index >= 15 is 0 Å². The second kappa shape index (κ2) is 7.43. The summed E-state index contributed by atoms with van der Waals surface area (Å²) in [4.78, 5) is 11.9. The molecule has 3 aromatic rings. The highest BCUT2D eigenvalue weighted by Gasteiger charge is 2.25. The van der Waals surface area contributed by atoms with Gasteiger partial charge in [-0.3, -0.25) is 9.89 Å². The van der Waals surface area contributed by atoms with Crippen molar-refractivity contribution in [3.8, 4) is 5.75 Å². The predicted molar refractivity (Wildman–Crippen MR) is 104 cm³/mol. The molecule has 4 rings (SSSR count). The number of hydrogen-bond acceptors (Lipinski definition) is 4. The Morgan fingerprint density at radius 2 is 2.12 bits per heavy atom. The largest absolute Gasteiger partial charge is 0.489 e. The van der Waals surface area contributed by atoms with Crippen molar-refractivity contribution in [1.82, 2.24) is 10.2 Å². The van der Waals surface area contributed by atoms with Crippen LogP contribution in [0.1, 0.15) is 21.9 Å². The van der Waals surface area contributed by atoms with Gasteiger partial charge in [-0.2, -0.15) is 5.10 Å². The van der Waals surface area contributed by atoms with Crippen LogP contribution in [0.15, 0.2) is 54.7 Å². The summed E-state index contributed by atoms with van der Waals surface area (Å²) in [6, 6.07) is 15.5. The van der Waals surface area contributed by atoms with Crippen molar-refractivity contribution < 1.29 is 9.53 Å². The molecule has 7 heteroatoms. The number of halogens is 1. The number of carbonyl (C=O) groups excluding carboxylic acids is 1. The Bertz CT molecular complexity index is 944. The molecule has 1 amide bonds. The maximum Gasteiger partial charge on any atom is 0.235 e. The summed E-state index contributed by atoms with van der Waals surface area (Å²) in [7, 11) is 0. The van der Waals surface area contributed by atoms with E-state index < -0.39 is 0 Å². The molecule has 0 radical (unpaired) electrons. The molecule has 5 nitrogen and oxygen atoms in total. The van der Waals surface area contributed by atoms with Crippen molar-refractivity contribution in [3.05, 3.63) is 76.4 Å². The number of aromatic nitrogens is 2. The number of benzene rings is 2. The molecule has 0 unspecified atom stereocenters. The third-order valence-electron chi connectivity index (χ3n) is 4.11. The molecule has 26 heavy (non-hydrogen) atoms. The van der Waals surface area contributed by atoms with Gasteiger partial charge in [0.25, 0.3) is 0 Å². The van der Waals surface area contributed by atoms with Crippen molar-refractivity contribution in [2.24, 2.45) is 0 Å². The van der Waals surface area contributed by atoms with E-state index in [1.807, 2.05) is 48.5 Å². The van der Waals surface area contributed by atoms with Gasteiger partial charge in [0.2, 0.25) is 5.91 Å². The van der Waals surface area contributed by atoms with Crippen molar-refractivity contribution >= 4 is 35.1 Å². The fourth-order valence-electron chi connectivity index (χ4n) is 2.84. The molecule has 132 valence electrons. The molecule has 0 aliphatic carbocycles. The molecule has 0 saturated heterocycles. The molecule has 0 spiro atoms. The highest BCUT2D eigenvalue weighted by Crippen LogP contribution is 2.41. The van der Waals surface area contributed by atoms with Crippen LogP contribution >= 0.6 is 23.4 Å². The number of nitrogens with one attached hydrogen (secondary N) is 2. The van der Waals surface area contributed by atoms with Gasteiger partial charge in [0.1, 0.15) is 18.2 Å². The van der Waals surface area contributed by atoms with Crippen molar-refractivity contribution in [1.29, 1.82) is 0 Å². The van der Waals surface area contributed by atoms with Gasteiger partial charge in [-0.05, 0) is 23.8 Å². The molecule has 2 heterocycles. The second-order valence-corrected chi connectivity index (χ2v) is 7.39. The van der Waals surface area contributed by atoms with Crippen LogP contribution in [0.4, 0.5) is 5.82 Å². The zero-order chi connectivity index (χ0) is 17.9. The summed E-state index contributed by atoms with van der Waals surface area (Å²) in [5.74, 6) is 1.77. The van der Waals surface area contributed by atoms with Crippen LogP contribution in [0.2, 0.25) is 5.02 Å². The minimum Gasteiger partial charge on any atom is -0.489 e. The Hall–Kier alpha value is -2.44. The third-order valence-corrected chi connectivity index (χ3v) is 5.77. The standard InChI is InChI=1S/C19H16ClN3O2S/c20-16-7-2-1-4-13(16)10-25-14-6-3-5-12(8-14)18-15-9-21-23-19(15)22-17(24)11-26-18/h1-9,18H,10-11H2,(H2,21,22,23,24)/t18-/m1/s1. The molecule has 2 N–H and O–H groups in total. The third kappa shape index (κ3) is 3.57. The molecule has 1 atom stereocenters. The quantitative estimate of drug-likeness (QED) is 0.697. The lowest BCUT2D eigenvalue weighted by Crippen LogP contribution is -2.12. The number of anilines is 1. The van der Waals surface area contributed by atoms with Crippen LogP contribution in [0, 0.1) is 0 Å². The zero-order valence-corrected chi connectivity index (χ0v) is 15.3. The number of rotatable bonds is 4. The van der Waals surface area contributed by atoms with Crippen LogP contribution in [-0.2, 0) is 11.4 Å². The number of H-pyrrole nitrogens is 1. The Morgan fingerprint density at radius 1 is 1.23 bits per heavy atom. The minimum atomic E-state index is -0.0332. The molecule has 1 aliphatic heterocycles. The first-order valence-electron chi connectivity index (χ1n) is 8.11. The van der Waals surface area contributed by atoms with Crippen LogP contribution in [0.25, 0.3) is 0 Å². The first kappa shape index (κ1) is 17.0. The van der Waals surface area contributed by atoms with E-state index in [2.05, 4.69) is 15.5 Å². The summed E-state index contributed by atoms with van der Waals surface area (Å²) in [5.41, 5.74) is 2.96. The Morgan fingerprint density at radius 3 is 3.00 bits per heavy atom. The molecule has 0 bridgehead atoms. The van der Waals surface area contributed by atoms with E-state index in [-0.39, 0.29) is 11.2 Å². The number of ether oxygens (including phenoxy) is 1. The number of thioether (sulfide) groups is 1. The van der Waals surface area contributed by atoms with Gasteiger partial charge in [-0.25, -0.2) is 0 Å². The highest BCUT2D eigenvalue weighted by molar-refractivity contribution is 8.00. The van der Waals surface area contributed by atoms with Gasteiger partial charge in [-0.15, -0.1) is 11.8 Å². The summed E-state index contributed by atoms with van der Waals surface area (Å²) < 4.78 is 5.93. The number of nitrogens with zero attached hydrogens (tertiary/aromatic N) is 1. The molecule has 1 aromatic heterocycles. The van der Waals surface area contributed by atoms with Gasteiger partial charge in [0, 0.05) is 16.1 Å². The first-order chi connectivity index (χ1) is 12.7. The minimum absolute atomic E-state index is 0.00608. The first-order valence-corrected chi connectivity index (χ1v) is 9.54. The van der Waals surface area contributed by atoms with E-state index in [9.17, 15) is 4.79 Å². The molecule has 1 aliphatic rings. The summed E-state index contributed by atoms with van der Waals surface area (Å²) >= 11 is 7.76. The lowest BCUT2D eigenvalue weighted by molar-refractivity contribution is -0.113. The maximum absolute atomic E-state index is 11.9. The van der Waals surface area contributed by atoms with Crippen molar-refractivity contribution in [2.75, 3.05) is 11.1 Å². The number of fused-ring (bicyclic) bond motifs is 1. The average molecular weight is 386 g/mol. The summed E-state index contributed by atoms with van der Waals surface area (Å²) in [6.07, 6.45) is 1.76. The van der Waals surface area contributed by atoms with Crippen LogP contribution in [0.5, 0.6) is 5.75 Å². The van der Waals surface area contributed by atoms with Crippen molar-refractivity contribution in [3.63, 3.8) is 0 Å². The average Bonchev–Trinajstić information content (AvgIpc) is 3.03. The summed E-state index contributed by atoms with van der Waals surface area (Å²) in [6.45, 7) is 0.401. The van der Waals surface area contributed by atoms with Crippen LogP contribution in [-0.4, -0.2) is 21.9 Å². The van der Waals surface area contributed by atoms with E-state index in [4.69, 9.17) is 16.3 Å². The number of hydrogen-bond donors (Lipinski definition) is 2. The van der Waals surface area contributed by atoms with Crippen LogP contribution < -0.4 is 10.1 Å². The lowest BCUT2D eigenvalue weighted by atomic mass is 10.1. The molecule has 2 aromatic carbocycles. The Balaban J connectivity index is 1.56. The number of carbonyl (C=O) groups is 1. The number of amides is 1. The maximum atomic E-state index is 11.9. The number of aromatic amines is 1. The van der Waals surface area contributed by atoms with Gasteiger partial charge >= 0.3 is 0 Å². The van der Waals surface area contributed by atoms with Gasteiger partial charge in [0.15, 0.2) is 0 Å². The van der Waals surface area contributed by atoms with Crippen molar-refractivity contribution in [2.45, 2.75) is 11.9 Å². The smallest absolute Gasteiger partial charge is 0.235 e. The zero-order valence-electron chi connectivity index (χ0n) is 13.7. The predicted octanol–water partition coefficient (Wildman–Crippen LogP) is 4.42. The SMILES string of the molecule is O=C1CS[C@H](c2cccc(OCc3ccccc3Cl)c2)c2cn[nH]c2N1. The van der Waals surface area contributed by atoms with E-state index in [0.29, 0.717) is 23.2 Å². The van der Waals surface area contributed by atoms with Gasteiger partial charge in [0.05, 0.1) is 17.2 Å². The van der Waals surface area contributed by atoms with Crippen LogP contribution in [0.3, 0.4) is 0 Å². The molecular weight excluding hydrogens is 370 g/mol. The fraction of sp³-hybridized carbons (Fsp3) is 0.158. The monoisotopic (exact) mass is 385 g/mol. The van der Waals surface area contributed by atoms with Gasteiger partial charge in [-0.1, -0.05) is 41.9 Å². The highest BCUT2D eigenvalue weighted by atomic mass is 35.5. The second-order valence-electron chi connectivity index (χ2n) is 5.89. The molecule has 0 saturated carbocycles. The topological polar surface area (TPSA) is 67.0 Å². The normalized spacial score (nSPS) is 16.5. The van der Waals surface area contributed by atoms with E-state index in [0.717, 1.165) is 22.4 Å². The fourth-order valence-corrected chi connectivity index (χ4v) is 4.12. The van der Waals surface area contributed by atoms with E-state index in [1.165, 1.54) is 0 Å². The van der Waals surface area contributed by atoms with E-state index in [1.54, 1.807) is 18.0 Å². The van der Waals surface area contributed by atoms with Gasteiger partial charge < -0.3 is 10.1 Å². The Kier molecular flexibility index (Phi) is 4.86. The molecule has 0 fully saturated rings. The molecular formula is C19H16ClN3O2S. The summed E-state index contributed by atoms with van der Waals surface area (Å²) in [5, 5.41) is 10.5. The lowest BCUT2D eigenvalue weighted by Gasteiger charge is -2.15.